The van der Waals surface area contributed by atoms with E-state index in [0.29, 0.717) is 17.5 Å². The lowest BCUT2D eigenvalue weighted by Crippen LogP contribution is -2.00. The van der Waals surface area contributed by atoms with Gasteiger partial charge in [-0.25, -0.2) is 15.0 Å². The minimum atomic E-state index is 0.650. The molecule has 0 atom stereocenters. The Labute approximate surface area is 335 Å². The highest BCUT2D eigenvalue weighted by Gasteiger charge is 2.22. The maximum atomic E-state index is 6.86. The Bertz CT molecular complexity index is 3470. The third-order valence-electron chi connectivity index (χ3n) is 11.0. The van der Waals surface area contributed by atoms with E-state index in [9.17, 15) is 0 Å². The molecule has 0 aliphatic carbocycles. The average molecular weight is 764 g/mol. The molecule has 266 valence electrons. The Hall–Kier alpha value is -6.99. The monoisotopic (exact) mass is 763 g/mol. The number of furan rings is 1. The van der Waals surface area contributed by atoms with Gasteiger partial charge in [0.2, 0.25) is 0 Å². The van der Waals surface area contributed by atoms with Crippen LogP contribution in [-0.2, 0) is 0 Å². The van der Waals surface area contributed by atoms with E-state index in [2.05, 4.69) is 115 Å². The van der Waals surface area contributed by atoms with Crippen molar-refractivity contribution in [2.75, 3.05) is 0 Å². The Morgan fingerprint density at radius 3 is 1.77 bits per heavy atom. The predicted molar refractivity (Wildman–Crippen MR) is 240 cm³/mol. The lowest BCUT2D eigenvalue weighted by Gasteiger charge is -2.11. The molecule has 0 aliphatic rings. The quantitative estimate of drug-likeness (QED) is 0.175. The van der Waals surface area contributed by atoms with E-state index in [1.165, 1.54) is 41.4 Å². The van der Waals surface area contributed by atoms with E-state index in [0.717, 1.165) is 59.8 Å². The van der Waals surface area contributed by atoms with Gasteiger partial charge >= 0.3 is 0 Å². The number of thiophene rings is 2. The van der Waals surface area contributed by atoms with Gasteiger partial charge in [-0.2, -0.15) is 0 Å². The van der Waals surface area contributed by atoms with Crippen molar-refractivity contribution in [3.8, 4) is 56.4 Å². The lowest BCUT2D eigenvalue weighted by atomic mass is 9.92. The molecule has 12 rings (SSSR count). The first-order valence-electron chi connectivity index (χ1n) is 18.9. The fourth-order valence-corrected chi connectivity index (χ4v) is 10.7. The second-order valence-electron chi connectivity index (χ2n) is 14.3. The van der Waals surface area contributed by atoms with Crippen molar-refractivity contribution in [1.29, 1.82) is 0 Å². The van der Waals surface area contributed by atoms with Gasteiger partial charge in [-0.3, -0.25) is 0 Å². The fraction of sp³-hybridized carbons (Fsp3) is 0. The normalized spacial score (nSPS) is 11.9. The number of aromatic nitrogens is 3. The van der Waals surface area contributed by atoms with Crippen LogP contribution in [0.15, 0.2) is 180 Å². The Balaban J connectivity index is 1.07. The fourth-order valence-electron chi connectivity index (χ4n) is 8.35. The zero-order valence-electron chi connectivity index (χ0n) is 30.3. The molecule has 0 bridgehead atoms. The summed E-state index contributed by atoms with van der Waals surface area (Å²) < 4.78 is 11.8. The number of nitrogens with zero attached hydrogens (tertiary/aromatic N) is 3. The molecular formula is C51H29N3OS2. The van der Waals surface area contributed by atoms with E-state index in [4.69, 9.17) is 19.4 Å². The standard InChI is InChI=1S/C51H29N3OS2/c1-3-13-30(14-4-1)49-52-50(31-15-5-2-6-16-31)54-51(53-49)39-21-11-20-38-45-35(19-12-24-44(45)57-48(38)39)36-27-26-33(46-37-18-7-9-22-41(37)55-47(36)46)32-25-28-43-40(29-32)34-17-8-10-23-42(34)56-43/h1-29H. The van der Waals surface area contributed by atoms with Gasteiger partial charge in [0.05, 0.1) is 0 Å². The predicted octanol–water partition coefficient (Wildman–Crippen LogP) is 14.8. The third-order valence-corrected chi connectivity index (χ3v) is 13.3. The lowest BCUT2D eigenvalue weighted by molar-refractivity contribution is 0.670. The molecule has 0 saturated heterocycles. The summed E-state index contributed by atoms with van der Waals surface area (Å²) in [4.78, 5) is 15.2. The number of para-hydroxylation sites is 1. The summed E-state index contributed by atoms with van der Waals surface area (Å²) in [5, 5.41) is 7.18. The molecule has 0 radical (unpaired) electrons. The highest BCUT2D eigenvalue weighted by Crippen LogP contribution is 2.48. The van der Waals surface area contributed by atoms with Crippen LogP contribution in [0.3, 0.4) is 0 Å². The summed E-state index contributed by atoms with van der Waals surface area (Å²) in [5.41, 5.74) is 9.21. The molecule has 12 aromatic rings. The van der Waals surface area contributed by atoms with Crippen LogP contribution in [0, 0.1) is 0 Å². The summed E-state index contributed by atoms with van der Waals surface area (Å²) in [6, 6.07) is 61.9. The second kappa shape index (κ2) is 12.8. The van der Waals surface area contributed by atoms with Crippen molar-refractivity contribution in [3.05, 3.63) is 176 Å². The zero-order valence-corrected chi connectivity index (χ0v) is 31.9. The molecule has 4 aromatic heterocycles. The van der Waals surface area contributed by atoms with Gasteiger partial charge in [-0.05, 0) is 59.2 Å². The van der Waals surface area contributed by atoms with Crippen molar-refractivity contribution in [1.82, 2.24) is 15.0 Å². The van der Waals surface area contributed by atoms with Gasteiger partial charge in [-0.1, -0.05) is 133 Å². The van der Waals surface area contributed by atoms with Gasteiger partial charge in [0.25, 0.3) is 0 Å². The second-order valence-corrected chi connectivity index (χ2v) is 16.4. The number of rotatable bonds is 5. The van der Waals surface area contributed by atoms with Gasteiger partial charge < -0.3 is 4.42 Å². The number of hydrogen-bond donors (Lipinski definition) is 0. The van der Waals surface area contributed by atoms with Gasteiger partial charge in [0.15, 0.2) is 17.5 Å². The van der Waals surface area contributed by atoms with Gasteiger partial charge in [-0.15, -0.1) is 22.7 Å². The van der Waals surface area contributed by atoms with Gasteiger partial charge in [0, 0.05) is 73.4 Å². The van der Waals surface area contributed by atoms with Crippen LogP contribution < -0.4 is 0 Å². The molecular weight excluding hydrogens is 735 g/mol. The maximum absolute atomic E-state index is 6.86. The van der Waals surface area contributed by atoms with Crippen LogP contribution in [0.2, 0.25) is 0 Å². The summed E-state index contributed by atoms with van der Waals surface area (Å²) in [6.45, 7) is 0. The number of fused-ring (bicyclic) bond motifs is 9. The molecule has 0 aliphatic heterocycles. The maximum Gasteiger partial charge on any atom is 0.165 e. The zero-order chi connectivity index (χ0) is 37.5. The molecule has 0 saturated carbocycles. The molecule has 4 heterocycles. The van der Waals surface area contributed by atoms with Crippen molar-refractivity contribution in [3.63, 3.8) is 0 Å². The van der Waals surface area contributed by atoms with Crippen LogP contribution in [0.25, 0.3) is 119 Å². The van der Waals surface area contributed by atoms with Crippen LogP contribution in [0.5, 0.6) is 0 Å². The summed E-state index contributed by atoms with van der Waals surface area (Å²) in [7, 11) is 0. The van der Waals surface area contributed by atoms with Crippen molar-refractivity contribution < 1.29 is 4.42 Å². The first-order chi connectivity index (χ1) is 28.2. The minimum absolute atomic E-state index is 0.650. The molecule has 0 unspecified atom stereocenters. The molecule has 0 fully saturated rings. The Morgan fingerprint density at radius 2 is 0.965 bits per heavy atom. The van der Waals surface area contributed by atoms with Crippen molar-refractivity contribution >= 4 is 85.0 Å². The molecule has 57 heavy (non-hydrogen) atoms. The van der Waals surface area contributed by atoms with E-state index in [1.807, 2.05) is 72.0 Å². The Kier molecular flexibility index (Phi) is 7.24. The molecule has 6 heteroatoms. The van der Waals surface area contributed by atoms with Crippen LogP contribution >= 0.6 is 22.7 Å². The van der Waals surface area contributed by atoms with Crippen LogP contribution in [0.1, 0.15) is 0 Å². The number of hydrogen-bond acceptors (Lipinski definition) is 6. The van der Waals surface area contributed by atoms with Crippen LogP contribution in [0.4, 0.5) is 0 Å². The number of benzene rings is 8. The highest BCUT2D eigenvalue weighted by molar-refractivity contribution is 7.26. The Morgan fingerprint density at radius 1 is 0.351 bits per heavy atom. The summed E-state index contributed by atoms with van der Waals surface area (Å²) in [5.74, 6) is 1.95. The minimum Gasteiger partial charge on any atom is -0.455 e. The third kappa shape index (κ3) is 5.15. The molecule has 4 nitrogen and oxygen atoms in total. The molecule has 0 N–H and O–H groups in total. The van der Waals surface area contributed by atoms with Crippen LogP contribution in [-0.4, -0.2) is 15.0 Å². The highest BCUT2D eigenvalue weighted by atomic mass is 32.1. The van der Waals surface area contributed by atoms with Crippen molar-refractivity contribution in [2.45, 2.75) is 0 Å². The summed E-state index contributed by atoms with van der Waals surface area (Å²) in [6.07, 6.45) is 0. The molecule has 0 spiro atoms. The van der Waals surface area contributed by atoms with E-state index >= 15 is 0 Å². The average Bonchev–Trinajstić information content (AvgIpc) is 3.98. The van der Waals surface area contributed by atoms with E-state index in [1.54, 1.807) is 11.3 Å². The first kappa shape index (κ1) is 32.3. The van der Waals surface area contributed by atoms with Crippen molar-refractivity contribution in [2.24, 2.45) is 0 Å². The largest absolute Gasteiger partial charge is 0.455 e. The van der Waals surface area contributed by atoms with Gasteiger partial charge in [0.1, 0.15) is 11.2 Å². The first-order valence-corrected chi connectivity index (χ1v) is 20.6. The smallest absolute Gasteiger partial charge is 0.165 e. The topological polar surface area (TPSA) is 51.8 Å². The molecule has 0 amide bonds. The summed E-state index contributed by atoms with van der Waals surface area (Å²) >= 11 is 3.62. The SMILES string of the molecule is c1ccc(-c2nc(-c3ccccc3)nc(-c3cccc4c3sc3cccc(-c5ccc(-c6ccc7sc8ccccc8c7c6)c6c5oc5ccccc56)c34)n2)cc1. The molecule has 8 aromatic carbocycles. The van der Waals surface area contributed by atoms with E-state index < -0.39 is 0 Å². The van der Waals surface area contributed by atoms with E-state index in [-0.39, 0.29) is 0 Å².